The Labute approximate surface area is 178 Å². The van der Waals surface area contributed by atoms with E-state index in [1.165, 1.54) is 0 Å². The Hall–Kier alpha value is -3.05. The summed E-state index contributed by atoms with van der Waals surface area (Å²) in [5.74, 6) is -3.24. The van der Waals surface area contributed by atoms with Crippen molar-refractivity contribution in [3.63, 3.8) is 0 Å². The van der Waals surface area contributed by atoms with Gasteiger partial charge in [0.05, 0.1) is 6.04 Å². The van der Waals surface area contributed by atoms with Crippen LogP contribution in [0.15, 0.2) is 30.5 Å². The van der Waals surface area contributed by atoms with E-state index in [-0.39, 0.29) is 25.0 Å². The van der Waals surface area contributed by atoms with E-state index in [4.69, 9.17) is 11.5 Å². The highest BCUT2D eigenvalue weighted by Crippen LogP contribution is 2.19. The molecule has 1 aromatic heterocycles. The number of nitrogens with one attached hydrogen (secondary N) is 3. The quantitative estimate of drug-likeness (QED) is 0.229. The third kappa shape index (κ3) is 6.22. The molecule has 1 heterocycles. The monoisotopic (exact) mass is 435 g/mol. The van der Waals surface area contributed by atoms with Gasteiger partial charge < -0.3 is 32.2 Å². The highest BCUT2D eigenvalue weighted by molar-refractivity contribution is 7.80. The number of benzene rings is 1. The molecular formula is C19H25N5O5S. The average Bonchev–Trinajstić information content (AvgIpc) is 3.12. The number of carboxylic acids is 1. The van der Waals surface area contributed by atoms with Gasteiger partial charge in [-0.3, -0.25) is 14.4 Å². The van der Waals surface area contributed by atoms with Crippen molar-refractivity contribution in [3.05, 3.63) is 36.0 Å². The van der Waals surface area contributed by atoms with Crippen LogP contribution in [0, 0.1) is 0 Å². The molecule has 2 aromatic rings. The first-order valence-electron chi connectivity index (χ1n) is 9.26. The van der Waals surface area contributed by atoms with Crippen molar-refractivity contribution in [1.29, 1.82) is 0 Å². The molecule has 0 saturated heterocycles. The minimum atomic E-state index is -1.21. The lowest BCUT2D eigenvalue weighted by Crippen LogP contribution is -2.55. The summed E-state index contributed by atoms with van der Waals surface area (Å²) in [6.45, 7) is 0. The van der Waals surface area contributed by atoms with E-state index in [0.29, 0.717) is 0 Å². The fourth-order valence-corrected chi connectivity index (χ4v) is 3.15. The van der Waals surface area contributed by atoms with Gasteiger partial charge in [0.2, 0.25) is 17.7 Å². The molecule has 162 valence electrons. The minimum Gasteiger partial charge on any atom is -0.480 e. The summed E-state index contributed by atoms with van der Waals surface area (Å²) >= 11 is 4.05. The van der Waals surface area contributed by atoms with E-state index >= 15 is 0 Å². The first kappa shape index (κ1) is 23.2. The molecule has 0 aliphatic carbocycles. The summed E-state index contributed by atoms with van der Waals surface area (Å²) in [6, 6.07) is 4.07. The third-order valence-corrected chi connectivity index (χ3v) is 4.93. The van der Waals surface area contributed by atoms with Gasteiger partial charge in [0.15, 0.2) is 0 Å². The van der Waals surface area contributed by atoms with Gasteiger partial charge >= 0.3 is 5.97 Å². The summed E-state index contributed by atoms with van der Waals surface area (Å²) in [4.78, 5) is 50.2. The zero-order valence-electron chi connectivity index (χ0n) is 16.1. The summed E-state index contributed by atoms with van der Waals surface area (Å²) in [7, 11) is 0. The van der Waals surface area contributed by atoms with Crippen molar-refractivity contribution in [2.45, 2.75) is 37.4 Å². The molecule has 3 unspecified atom stereocenters. The number of fused-ring (bicyclic) bond motifs is 1. The molecule has 11 heteroatoms. The highest BCUT2D eigenvalue weighted by Gasteiger charge is 2.28. The Balaban J connectivity index is 2.02. The molecule has 0 bridgehead atoms. The highest BCUT2D eigenvalue weighted by atomic mass is 32.1. The second-order valence-corrected chi connectivity index (χ2v) is 7.18. The van der Waals surface area contributed by atoms with Gasteiger partial charge in [0.25, 0.3) is 0 Å². The molecule has 0 saturated carbocycles. The van der Waals surface area contributed by atoms with Crippen molar-refractivity contribution in [1.82, 2.24) is 15.6 Å². The number of carboxylic acid groups (broad SMARTS) is 1. The largest absolute Gasteiger partial charge is 0.480 e. The minimum absolute atomic E-state index is 0.0282. The van der Waals surface area contributed by atoms with Crippen molar-refractivity contribution in [2.75, 3.05) is 5.75 Å². The zero-order chi connectivity index (χ0) is 22.3. The van der Waals surface area contributed by atoms with E-state index in [1.54, 1.807) is 6.20 Å². The van der Waals surface area contributed by atoms with Gasteiger partial charge in [-0.15, -0.1) is 0 Å². The molecule has 0 aliphatic heterocycles. The van der Waals surface area contributed by atoms with Crippen LogP contribution in [0.2, 0.25) is 0 Å². The van der Waals surface area contributed by atoms with Crippen LogP contribution in [-0.2, 0) is 25.6 Å². The molecule has 2 rings (SSSR count). The molecule has 30 heavy (non-hydrogen) atoms. The van der Waals surface area contributed by atoms with Gasteiger partial charge in [-0.2, -0.15) is 12.6 Å². The van der Waals surface area contributed by atoms with Crippen molar-refractivity contribution in [2.24, 2.45) is 11.5 Å². The zero-order valence-corrected chi connectivity index (χ0v) is 17.0. The molecule has 3 amide bonds. The number of para-hydroxylation sites is 1. The van der Waals surface area contributed by atoms with Gasteiger partial charge in [-0.25, -0.2) is 4.79 Å². The molecule has 3 atom stereocenters. The molecule has 0 fully saturated rings. The Morgan fingerprint density at radius 2 is 1.77 bits per heavy atom. The van der Waals surface area contributed by atoms with E-state index in [2.05, 4.69) is 28.2 Å². The Bertz CT molecular complexity index is 931. The fourth-order valence-electron chi connectivity index (χ4n) is 2.89. The van der Waals surface area contributed by atoms with Gasteiger partial charge in [-0.1, -0.05) is 18.2 Å². The number of thiol groups is 1. The molecule has 10 nitrogen and oxygen atoms in total. The van der Waals surface area contributed by atoms with Crippen molar-refractivity contribution in [3.8, 4) is 0 Å². The van der Waals surface area contributed by atoms with Crippen molar-refractivity contribution >= 4 is 47.2 Å². The number of rotatable bonds is 11. The smallest absolute Gasteiger partial charge is 0.326 e. The van der Waals surface area contributed by atoms with Gasteiger partial charge in [0, 0.05) is 35.7 Å². The van der Waals surface area contributed by atoms with Crippen LogP contribution in [0.4, 0.5) is 0 Å². The maximum Gasteiger partial charge on any atom is 0.326 e. The fraction of sp³-hybridized carbons (Fsp3) is 0.368. The summed E-state index contributed by atoms with van der Waals surface area (Å²) in [6.07, 6.45) is 1.71. The van der Waals surface area contributed by atoms with E-state index in [0.717, 1.165) is 16.5 Å². The number of H-pyrrole nitrogens is 1. The van der Waals surface area contributed by atoms with Crippen LogP contribution in [0.5, 0.6) is 0 Å². The van der Waals surface area contributed by atoms with Crippen LogP contribution in [0.1, 0.15) is 18.4 Å². The summed E-state index contributed by atoms with van der Waals surface area (Å²) < 4.78 is 0. The summed E-state index contributed by atoms with van der Waals surface area (Å²) in [5.41, 5.74) is 12.3. The number of primary amides is 1. The normalized spacial score (nSPS) is 13.9. The SMILES string of the molecule is NC(=O)CCC(N)C(=O)NC(CS)C(=O)NC(Cc1c[nH]c2ccccc12)C(=O)O. The first-order valence-corrected chi connectivity index (χ1v) is 9.89. The van der Waals surface area contributed by atoms with Crippen molar-refractivity contribution < 1.29 is 24.3 Å². The second kappa shape index (κ2) is 10.6. The number of carbonyl (C=O) groups is 4. The summed E-state index contributed by atoms with van der Waals surface area (Å²) in [5, 5.41) is 15.3. The number of nitrogens with two attached hydrogens (primary N) is 2. The lowest BCUT2D eigenvalue weighted by atomic mass is 10.0. The van der Waals surface area contributed by atoms with Crippen LogP contribution in [-0.4, -0.2) is 57.7 Å². The first-order chi connectivity index (χ1) is 14.2. The number of aromatic amines is 1. The molecule has 8 N–H and O–H groups in total. The second-order valence-electron chi connectivity index (χ2n) is 6.82. The lowest BCUT2D eigenvalue weighted by molar-refractivity contribution is -0.142. The molecule has 1 aromatic carbocycles. The van der Waals surface area contributed by atoms with Crippen LogP contribution < -0.4 is 22.1 Å². The standard InChI is InChI=1S/C19H25N5O5S/c20-12(5-6-16(21)25)17(26)24-15(9-30)18(27)23-14(19(28)29)7-10-8-22-13-4-2-1-3-11(10)13/h1-4,8,12,14-15,22,30H,5-7,9,20H2,(H2,21,25)(H,23,27)(H,24,26)(H,28,29). The lowest BCUT2D eigenvalue weighted by Gasteiger charge is -2.21. The van der Waals surface area contributed by atoms with Crippen LogP contribution in [0.25, 0.3) is 10.9 Å². The average molecular weight is 436 g/mol. The van der Waals surface area contributed by atoms with Gasteiger partial charge in [0.1, 0.15) is 12.1 Å². The Morgan fingerprint density at radius 1 is 1.10 bits per heavy atom. The Morgan fingerprint density at radius 3 is 2.40 bits per heavy atom. The molecule has 0 spiro atoms. The van der Waals surface area contributed by atoms with E-state index in [9.17, 15) is 24.3 Å². The number of hydrogen-bond donors (Lipinski definition) is 7. The maximum absolute atomic E-state index is 12.5. The number of hydrogen-bond acceptors (Lipinski definition) is 6. The number of aliphatic carboxylic acids is 1. The molecular weight excluding hydrogens is 410 g/mol. The third-order valence-electron chi connectivity index (χ3n) is 4.57. The van der Waals surface area contributed by atoms with E-state index < -0.39 is 41.8 Å². The molecule has 0 aliphatic rings. The number of aromatic nitrogens is 1. The number of carbonyl (C=O) groups excluding carboxylic acids is 3. The Kier molecular flexibility index (Phi) is 8.25. The van der Waals surface area contributed by atoms with Crippen LogP contribution in [0.3, 0.4) is 0 Å². The maximum atomic E-state index is 12.5. The van der Waals surface area contributed by atoms with E-state index in [1.807, 2.05) is 24.3 Å². The number of amides is 3. The molecule has 0 radical (unpaired) electrons. The van der Waals surface area contributed by atoms with Gasteiger partial charge in [-0.05, 0) is 18.1 Å². The predicted octanol–water partition coefficient (Wildman–Crippen LogP) is -0.713. The van der Waals surface area contributed by atoms with Crippen LogP contribution >= 0.6 is 12.6 Å². The predicted molar refractivity (Wildman–Crippen MR) is 114 cm³/mol. The topological polar surface area (TPSA) is 180 Å².